The molecule has 0 saturated heterocycles. The van der Waals surface area contributed by atoms with Crippen LogP contribution in [-0.4, -0.2) is 43.5 Å². The van der Waals surface area contributed by atoms with Crippen molar-refractivity contribution in [3.05, 3.63) is 46.3 Å². The summed E-state index contributed by atoms with van der Waals surface area (Å²) in [4.78, 5) is 6.59. The summed E-state index contributed by atoms with van der Waals surface area (Å²) in [5.41, 5.74) is 0. The first kappa shape index (κ1) is 16.2. The molecule has 0 bridgehead atoms. The summed E-state index contributed by atoms with van der Waals surface area (Å²) < 4.78 is 6.17. The zero-order chi connectivity index (χ0) is 10.1. The second-order valence-electron chi connectivity index (χ2n) is 3.00. The van der Waals surface area contributed by atoms with Crippen LogP contribution in [0.1, 0.15) is 0 Å². The van der Waals surface area contributed by atoms with Crippen LogP contribution < -0.4 is 37.7 Å². The van der Waals surface area contributed by atoms with E-state index in [-0.39, 0.29) is 37.7 Å². The van der Waals surface area contributed by atoms with Crippen LogP contribution in [0.4, 0.5) is 0 Å². The van der Waals surface area contributed by atoms with Gasteiger partial charge in [-0.3, -0.25) is 0 Å². The summed E-state index contributed by atoms with van der Waals surface area (Å²) in [7, 11) is 0. The third-order valence-corrected chi connectivity index (χ3v) is 9.24. The number of hydrogen-bond acceptors (Lipinski definition) is 0. The molecular formula is C12H6Li2Se3. The molecule has 0 amide bonds. The van der Waals surface area contributed by atoms with Gasteiger partial charge in [0.2, 0.25) is 0 Å². The molecule has 0 aliphatic rings. The van der Waals surface area contributed by atoms with E-state index in [0.717, 1.165) is 0 Å². The van der Waals surface area contributed by atoms with E-state index < -0.39 is 0 Å². The standard InChI is InChI=1S/C12H6Se3.2Li/c1-3-9(13-7-1)11-5-6-12(15-11)10-4-2-8-14-10;;/h1-6H;;/q-2;2*+1. The zero-order valence-electron chi connectivity index (χ0n) is 9.69. The van der Waals surface area contributed by atoms with Crippen molar-refractivity contribution in [3.8, 4) is 17.7 Å². The normalized spacial score (nSPS) is 9.41. The Kier molecular flexibility index (Phi) is 7.36. The second kappa shape index (κ2) is 7.70. The van der Waals surface area contributed by atoms with Gasteiger partial charge in [0, 0.05) is 0 Å². The molecule has 3 aromatic heterocycles. The molecule has 0 aliphatic carbocycles. The van der Waals surface area contributed by atoms with Gasteiger partial charge in [-0.25, -0.2) is 0 Å². The van der Waals surface area contributed by atoms with Crippen molar-refractivity contribution < 1.29 is 37.7 Å². The Hall–Kier alpha value is 1.19. The quantitative estimate of drug-likeness (QED) is 0.302. The van der Waals surface area contributed by atoms with E-state index in [0.29, 0.717) is 43.5 Å². The van der Waals surface area contributed by atoms with Crippen LogP contribution in [0.3, 0.4) is 0 Å². The van der Waals surface area contributed by atoms with Gasteiger partial charge in [0.05, 0.1) is 0 Å². The average molecular weight is 401 g/mol. The zero-order valence-corrected chi connectivity index (χ0v) is 14.8. The Bertz CT molecular complexity index is 489. The summed E-state index contributed by atoms with van der Waals surface area (Å²) in [6.45, 7) is 0. The summed E-state index contributed by atoms with van der Waals surface area (Å²) in [6, 6.07) is 13.2. The van der Waals surface area contributed by atoms with Crippen LogP contribution in [0.15, 0.2) is 36.4 Å². The Morgan fingerprint density at radius 3 is 1.47 bits per heavy atom. The van der Waals surface area contributed by atoms with Crippen molar-refractivity contribution >= 4 is 43.5 Å². The van der Waals surface area contributed by atoms with Crippen LogP contribution in [0, 0.1) is 9.88 Å². The average Bonchev–Trinajstić information content (AvgIpc) is 3.02. The van der Waals surface area contributed by atoms with Gasteiger partial charge in [0.25, 0.3) is 0 Å². The number of hydrogen-bond donors (Lipinski definition) is 0. The van der Waals surface area contributed by atoms with Gasteiger partial charge in [-0.2, -0.15) is 0 Å². The van der Waals surface area contributed by atoms with Crippen molar-refractivity contribution in [1.82, 2.24) is 0 Å². The van der Waals surface area contributed by atoms with E-state index in [1.807, 2.05) is 0 Å². The van der Waals surface area contributed by atoms with Crippen LogP contribution in [0.2, 0.25) is 0 Å². The predicted octanol–water partition coefficient (Wildman–Crippen LogP) is -4.20. The van der Waals surface area contributed by atoms with E-state index in [9.17, 15) is 0 Å². The molecule has 0 radical (unpaired) electrons. The van der Waals surface area contributed by atoms with Gasteiger partial charge in [-0.05, 0) is 0 Å². The molecule has 3 heterocycles. The fourth-order valence-corrected chi connectivity index (χ4v) is 7.33. The maximum absolute atomic E-state index is 3.30. The Balaban J connectivity index is 0.000000722. The van der Waals surface area contributed by atoms with E-state index >= 15 is 0 Å². The summed E-state index contributed by atoms with van der Waals surface area (Å²) >= 11 is 1.47. The van der Waals surface area contributed by atoms with E-state index in [4.69, 9.17) is 0 Å². The molecule has 0 spiro atoms. The predicted molar refractivity (Wildman–Crippen MR) is 65.8 cm³/mol. The third-order valence-electron chi connectivity index (χ3n) is 2.03. The summed E-state index contributed by atoms with van der Waals surface area (Å²) in [6.07, 6.45) is 0. The minimum atomic E-state index is 0. The van der Waals surface area contributed by atoms with Gasteiger partial charge >= 0.3 is 145 Å². The minimum absolute atomic E-state index is 0. The molecule has 0 aromatic carbocycles. The monoisotopic (exact) mass is 404 g/mol. The molecule has 0 unspecified atom stereocenters. The van der Waals surface area contributed by atoms with E-state index in [1.165, 1.54) is 8.87 Å². The Morgan fingerprint density at radius 1 is 0.647 bits per heavy atom. The Morgan fingerprint density at radius 2 is 1.12 bits per heavy atom. The molecule has 5 heteroatoms. The van der Waals surface area contributed by atoms with Crippen LogP contribution in [0.5, 0.6) is 0 Å². The fourth-order valence-electron chi connectivity index (χ4n) is 1.35. The number of rotatable bonds is 2. The van der Waals surface area contributed by atoms with Crippen molar-refractivity contribution in [2.45, 2.75) is 0 Å². The molecule has 0 atom stereocenters. The molecule has 17 heavy (non-hydrogen) atoms. The molecule has 0 nitrogen and oxygen atoms in total. The summed E-state index contributed by atoms with van der Waals surface area (Å²) in [5, 5.41) is 0. The molecule has 3 rings (SSSR count). The first-order valence-electron chi connectivity index (χ1n) is 4.46. The van der Waals surface area contributed by atoms with Gasteiger partial charge in [0.15, 0.2) is 0 Å². The van der Waals surface area contributed by atoms with E-state index in [2.05, 4.69) is 46.3 Å². The molecule has 0 fully saturated rings. The van der Waals surface area contributed by atoms with Crippen LogP contribution >= 0.6 is 0 Å². The van der Waals surface area contributed by atoms with Crippen molar-refractivity contribution in [2.75, 3.05) is 0 Å². The molecule has 74 valence electrons. The van der Waals surface area contributed by atoms with Gasteiger partial charge in [-0.15, -0.1) is 0 Å². The maximum atomic E-state index is 3.30. The third kappa shape index (κ3) is 3.83. The van der Waals surface area contributed by atoms with Crippen molar-refractivity contribution in [3.63, 3.8) is 0 Å². The fraction of sp³-hybridized carbons (Fsp3) is 0. The SMILES string of the molecule is [Li+].[Li+].[c-]1ccc(-c2ccc(-c3cc[c-][se]3)[se]2)[se]1. The van der Waals surface area contributed by atoms with Crippen molar-refractivity contribution in [2.24, 2.45) is 0 Å². The van der Waals surface area contributed by atoms with Crippen LogP contribution in [-0.2, 0) is 0 Å². The van der Waals surface area contributed by atoms with Gasteiger partial charge < -0.3 is 0 Å². The van der Waals surface area contributed by atoms with Gasteiger partial charge in [0.1, 0.15) is 0 Å². The first-order valence-corrected chi connectivity index (χ1v) is 9.60. The Labute approximate surface area is 143 Å². The second-order valence-corrected chi connectivity index (χ2v) is 8.96. The molecule has 0 aliphatic heterocycles. The molecule has 0 N–H and O–H groups in total. The summed E-state index contributed by atoms with van der Waals surface area (Å²) in [5.74, 6) is 0. The first-order chi connectivity index (χ1) is 7.43. The molecule has 0 saturated carbocycles. The van der Waals surface area contributed by atoms with Crippen LogP contribution in [0.25, 0.3) is 17.7 Å². The van der Waals surface area contributed by atoms with Crippen molar-refractivity contribution in [1.29, 1.82) is 0 Å². The van der Waals surface area contributed by atoms with Gasteiger partial charge in [-0.1, -0.05) is 0 Å². The molecule has 3 aromatic rings. The molecular weight excluding hydrogens is 395 g/mol. The topological polar surface area (TPSA) is 0 Å². The van der Waals surface area contributed by atoms with E-state index in [1.54, 1.807) is 8.87 Å².